The number of halogens is 5. The molecule has 11 heteroatoms. The molecule has 1 aliphatic rings. The van der Waals surface area contributed by atoms with E-state index in [2.05, 4.69) is 5.32 Å². The van der Waals surface area contributed by atoms with Crippen LogP contribution in [0.1, 0.15) is 16.7 Å². The van der Waals surface area contributed by atoms with Crippen LogP contribution in [-0.4, -0.2) is 21.5 Å². The molecule has 2 heterocycles. The van der Waals surface area contributed by atoms with Gasteiger partial charge in [0, 0.05) is 29.2 Å². The summed E-state index contributed by atoms with van der Waals surface area (Å²) in [6, 6.07) is 16.9. The molecule has 1 fully saturated rings. The Morgan fingerprint density at radius 1 is 0.947 bits per heavy atom. The van der Waals surface area contributed by atoms with Crippen molar-refractivity contribution < 1.29 is 22.8 Å². The number of hydrogen-bond acceptors (Lipinski definition) is 3. The number of anilines is 1. The number of aromatic nitrogens is 1. The van der Waals surface area contributed by atoms with E-state index in [9.17, 15) is 22.8 Å². The van der Waals surface area contributed by atoms with Crippen molar-refractivity contribution in [1.29, 1.82) is 0 Å². The number of alkyl halides is 3. The Labute approximate surface area is 230 Å². The first kappa shape index (κ1) is 26.0. The molecule has 0 atom stereocenters. The Bertz CT molecular complexity index is 1660. The molecule has 38 heavy (non-hydrogen) atoms. The molecular weight excluding hydrogens is 558 g/mol. The number of nitrogens with one attached hydrogen (secondary N) is 1. The fourth-order valence-electron chi connectivity index (χ4n) is 4.22. The number of thiocarbonyl (C=S) groups is 1. The summed E-state index contributed by atoms with van der Waals surface area (Å²) >= 11 is 17.3. The summed E-state index contributed by atoms with van der Waals surface area (Å²) in [6.45, 7) is 0.432. The average molecular weight is 574 g/mol. The summed E-state index contributed by atoms with van der Waals surface area (Å²) in [5, 5.41) is 3.71. The van der Waals surface area contributed by atoms with E-state index in [4.69, 9.17) is 35.4 Å². The van der Waals surface area contributed by atoms with Gasteiger partial charge in [-0.15, -0.1) is 0 Å². The van der Waals surface area contributed by atoms with Crippen LogP contribution in [0.25, 0.3) is 17.0 Å². The standard InChI is InChI=1S/C27H16Cl2F3N3O2S/c28-21-9-8-15(10-22(21)29)13-34-14-16(19-6-1-2-7-23(19)34)11-20-24(36)33-26(38)35(25(20)37)18-5-3-4-17(12-18)27(30,31)32/h1-12,14H,13H2,(H,33,36,38)/b20-11+. The van der Waals surface area contributed by atoms with Crippen LogP contribution in [0.2, 0.25) is 10.0 Å². The Kier molecular flexibility index (Phi) is 6.77. The highest BCUT2D eigenvalue weighted by atomic mass is 35.5. The first-order chi connectivity index (χ1) is 18.0. The minimum Gasteiger partial charge on any atom is -0.342 e. The molecule has 0 bridgehead atoms. The molecule has 0 radical (unpaired) electrons. The zero-order valence-corrected chi connectivity index (χ0v) is 21.6. The molecule has 0 aliphatic carbocycles. The lowest BCUT2D eigenvalue weighted by Gasteiger charge is -2.29. The molecule has 5 rings (SSSR count). The molecule has 0 unspecified atom stereocenters. The smallest absolute Gasteiger partial charge is 0.342 e. The van der Waals surface area contributed by atoms with Gasteiger partial charge in [-0.3, -0.25) is 19.8 Å². The van der Waals surface area contributed by atoms with E-state index in [0.717, 1.165) is 33.5 Å². The molecule has 4 aromatic rings. The maximum absolute atomic E-state index is 13.4. The fourth-order valence-corrected chi connectivity index (χ4v) is 4.83. The molecule has 1 saturated heterocycles. The number of amides is 2. The van der Waals surface area contributed by atoms with Gasteiger partial charge in [-0.25, -0.2) is 0 Å². The van der Waals surface area contributed by atoms with E-state index in [-0.39, 0.29) is 16.4 Å². The Balaban J connectivity index is 1.55. The van der Waals surface area contributed by atoms with Crippen molar-refractivity contribution in [2.75, 3.05) is 4.90 Å². The van der Waals surface area contributed by atoms with Gasteiger partial charge in [-0.2, -0.15) is 13.2 Å². The van der Waals surface area contributed by atoms with Crippen molar-refractivity contribution in [2.24, 2.45) is 0 Å². The number of para-hydroxylation sites is 1. The molecule has 3 aromatic carbocycles. The Hall–Kier alpha value is -3.66. The SMILES string of the molecule is O=C1NC(=S)N(c2cccc(C(F)(F)F)c2)C(=O)/C1=C/c1cn(Cc2ccc(Cl)c(Cl)c2)c2ccccc12. The first-order valence-electron chi connectivity index (χ1n) is 11.1. The van der Waals surface area contributed by atoms with E-state index >= 15 is 0 Å². The van der Waals surface area contributed by atoms with Gasteiger partial charge in [-0.05, 0) is 60.3 Å². The van der Waals surface area contributed by atoms with Crippen molar-refractivity contribution in [3.05, 3.63) is 105 Å². The summed E-state index contributed by atoms with van der Waals surface area (Å²) in [7, 11) is 0. The quantitative estimate of drug-likeness (QED) is 0.165. The van der Waals surface area contributed by atoms with E-state index in [1.165, 1.54) is 18.2 Å². The zero-order valence-electron chi connectivity index (χ0n) is 19.2. The van der Waals surface area contributed by atoms with E-state index in [0.29, 0.717) is 22.2 Å². The number of benzene rings is 3. The summed E-state index contributed by atoms with van der Waals surface area (Å²) in [4.78, 5) is 27.1. The van der Waals surface area contributed by atoms with Crippen LogP contribution < -0.4 is 10.2 Å². The number of nitrogens with zero attached hydrogens (tertiary/aromatic N) is 2. The lowest BCUT2D eigenvalue weighted by Crippen LogP contribution is -2.54. The third kappa shape index (κ3) is 4.92. The third-order valence-corrected chi connectivity index (χ3v) is 7.01. The summed E-state index contributed by atoms with van der Waals surface area (Å²) in [6.07, 6.45) is -1.43. The van der Waals surface area contributed by atoms with Gasteiger partial charge < -0.3 is 4.57 Å². The average Bonchev–Trinajstić information content (AvgIpc) is 3.21. The second-order valence-electron chi connectivity index (χ2n) is 8.48. The van der Waals surface area contributed by atoms with Crippen LogP contribution >= 0.6 is 35.4 Å². The number of hydrogen-bond donors (Lipinski definition) is 1. The molecule has 2 amide bonds. The van der Waals surface area contributed by atoms with Crippen LogP contribution in [0, 0.1) is 0 Å². The predicted octanol–water partition coefficient (Wildman–Crippen LogP) is 6.85. The van der Waals surface area contributed by atoms with Gasteiger partial charge >= 0.3 is 6.18 Å². The maximum Gasteiger partial charge on any atom is 0.416 e. The molecule has 192 valence electrons. The molecule has 0 spiro atoms. The van der Waals surface area contributed by atoms with Gasteiger partial charge in [0.2, 0.25) is 0 Å². The monoisotopic (exact) mass is 573 g/mol. The van der Waals surface area contributed by atoms with Gasteiger partial charge in [0.25, 0.3) is 11.8 Å². The van der Waals surface area contributed by atoms with Gasteiger partial charge in [0.05, 0.1) is 21.3 Å². The molecular formula is C27H16Cl2F3N3O2S. The second-order valence-corrected chi connectivity index (χ2v) is 9.68. The lowest BCUT2D eigenvalue weighted by molar-refractivity contribution is -0.137. The first-order valence-corrected chi connectivity index (χ1v) is 12.3. The number of carbonyl (C=O) groups is 2. The van der Waals surface area contributed by atoms with Crippen LogP contribution in [0.15, 0.2) is 78.5 Å². The number of rotatable bonds is 4. The predicted molar refractivity (Wildman–Crippen MR) is 145 cm³/mol. The highest BCUT2D eigenvalue weighted by Gasteiger charge is 2.36. The van der Waals surface area contributed by atoms with E-state index < -0.39 is 23.6 Å². The highest BCUT2D eigenvalue weighted by molar-refractivity contribution is 7.80. The number of fused-ring (bicyclic) bond motifs is 1. The summed E-state index contributed by atoms with van der Waals surface area (Å²) in [5.74, 6) is -1.58. The zero-order chi connectivity index (χ0) is 27.2. The largest absolute Gasteiger partial charge is 0.416 e. The lowest BCUT2D eigenvalue weighted by atomic mass is 10.1. The molecule has 5 nitrogen and oxygen atoms in total. The molecule has 1 aromatic heterocycles. The Morgan fingerprint density at radius 3 is 2.45 bits per heavy atom. The summed E-state index contributed by atoms with van der Waals surface area (Å²) in [5.41, 5.74) is 0.955. The van der Waals surface area contributed by atoms with Gasteiger partial charge in [0.15, 0.2) is 5.11 Å². The van der Waals surface area contributed by atoms with Crippen molar-refractivity contribution in [3.63, 3.8) is 0 Å². The normalized spacial score (nSPS) is 15.4. The van der Waals surface area contributed by atoms with Crippen molar-refractivity contribution in [3.8, 4) is 0 Å². The third-order valence-electron chi connectivity index (χ3n) is 5.99. The summed E-state index contributed by atoms with van der Waals surface area (Å²) < 4.78 is 41.7. The van der Waals surface area contributed by atoms with Crippen LogP contribution in [-0.2, 0) is 22.3 Å². The number of carbonyl (C=O) groups excluding carboxylic acids is 2. The Morgan fingerprint density at radius 2 is 1.71 bits per heavy atom. The van der Waals surface area contributed by atoms with Crippen LogP contribution in [0.4, 0.5) is 18.9 Å². The minimum atomic E-state index is -4.62. The van der Waals surface area contributed by atoms with Gasteiger partial charge in [0.1, 0.15) is 5.57 Å². The van der Waals surface area contributed by atoms with E-state index in [1.807, 2.05) is 34.9 Å². The molecule has 1 N–H and O–H groups in total. The molecule has 1 aliphatic heterocycles. The molecule has 0 saturated carbocycles. The van der Waals surface area contributed by atoms with E-state index in [1.54, 1.807) is 18.3 Å². The highest BCUT2D eigenvalue weighted by Crippen LogP contribution is 2.33. The van der Waals surface area contributed by atoms with Gasteiger partial charge in [-0.1, -0.05) is 53.5 Å². The second kappa shape index (κ2) is 9.90. The van der Waals surface area contributed by atoms with Crippen molar-refractivity contribution in [2.45, 2.75) is 12.7 Å². The van der Waals surface area contributed by atoms with Crippen LogP contribution in [0.5, 0.6) is 0 Å². The van der Waals surface area contributed by atoms with Crippen molar-refractivity contribution >= 4 is 75.0 Å². The van der Waals surface area contributed by atoms with Crippen LogP contribution in [0.3, 0.4) is 0 Å². The maximum atomic E-state index is 13.4. The fraction of sp³-hybridized carbons (Fsp3) is 0.0741. The minimum absolute atomic E-state index is 0.109. The van der Waals surface area contributed by atoms with Crippen molar-refractivity contribution in [1.82, 2.24) is 9.88 Å². The topological polar surface area (TPSA) is 54.3 Å².